The molecule has 0 aliphatic carbocycles. The molecule has 1 aliphatic rings. The lowest BCUT2D eigenvalue weighted by Crippen LogP contribution is -2.48. The number of nitrogens with one attached hydrogen (secondary N) is 2. The first-order chi connectivity index (χ1) is 9.15. The summed E-state index contributed by atoms with van der Waals surface area (Å²) in [6.07, 6.45) is 1.13. The molecule has 0 spiro atoms. The van der Waals surface area contributed by atoms with Crippen LogP contribution in [0.15, 0.2) is 17.5 Å². The van der Waals surface area contributed by atoms with Crippen molar-refractivity contribution < 1.29 is 14.7 Å². The SMILES string of the molecule is O=C(CN1CCC(O)CC1)NNC(=O)c1cccs1. The third-order valence-electron chi connectivity index (χ3n) is 2.98. The topological polar surface area (TPSA) is 81.7 Å². The van der Waals surface area contributed by atoms with E-state index in [1.165, 1.54) is 11.3 Å². The van der Waals surface area contributed by atoms with Crippen molar-refractivity contribution in [1.82, 2.24) is 15.8 Å². The molecule has 0 unspecified atom stereocenters. The Balaban J connectivity index is 1.69. The Hall–Kier alpha value is -1.44. The van der Waals surface area contributed by atoms with E-state index in [1.807, 2.05) is 4.90 Å². The Bertz CT molecular complexity index is 427. The summed E-state index contributed by atoms with van der Waals surface area (Å²) in [5, 5.41) is 11.2. The van der Waals surface area contributed by atoms with Gasteiger partial charge in [0.15, 0.2) is 0 Å². The number of hydrogen-bond donors (Lipinski definition) is 3. The van der Waals surface area contributed by atoms with Crippen molar-refractivity contribution in [3.8, 4) is 0 Å². The molecule has 0 atom stereocenters. The van der Waals surface area contributed by atoms with Crippen molar-refractivity contribution in [1.29, 1.82) is 0 Å². The monoisotopic (exact) mass is 283 g/mol. The molecule has 2 heterocycles. The highest BCUT2D eigenvalue weighted by Gasteiger charge is 2.19. The Morgan fingerprint density at radius 1 is 1.37 bits per heavy atom. The van der Waals surface area contributed by atoms with Crippen molar-refractivity contribution in [3.63, 3.8) is 0 Å². The van der Waals surface area contributed by atoms with E-state index in [4.69, 9.17) is 0 Å². The zero-order valence-corrected chi connectivity index (χ0v) is 11.3. The van der Waals surface area contributed by atoms with Gasteiger partial charge in [-0.15, -0.1) is 11.3 Å². The van der Waals surface area contributed by atoms with Gasteiger partial charge in [0.2, 0.25) is 0 Å². The zero-order chi connectivity index (χ0) is 13.7. The Morgan fingerprint density at radius 2 is 2.11 bits per heavy atom. The minimum absolute atomic E-state index is 0.234. The highest BCUT2D eigenvalue weighted by Crippen LogP contribution is 2.09. The van der Waals surface area contributed by atoms with Crippen molar-refractivity contribution in [2.24, 2.45) is 0 Å². The molecule has 7 heteroatoms. The van der Waals surface area contributed by atoms with E-state index in [0.717, 1.165) is 0 Å². The minimum atomic E-state index is -0.308. The smallest absolute Gasteiger partial charge is 0.279 e. The molecule has 104 valence electrons. The van der Waals surface area contributed by atoms with Crippen LogP contribution in [0.2, 0.25) is 0 Å². The minimum Gasteiger partial charge on any atom is -0.393 e. The normalized spacial score (nSPS) is 17.1. The van der Waals surface area contributed by atoms with E-state index in [2.05, 4.69) is 10.9 Å². The number of carbonyl (C=O) groups is 2. The number of likely N-dealkylation sites (tertiary alicyclic amines) is 1. The number of nitrogens with zero attached hydrogens (tertiary/aromatic N) is 1. The standard InChI is InChI=1S/C12H17N3O3S/c16-9-3-5-15(6-4-9)8-11(17)13-14-12(18)10-2-1-7-19-10/h1-2,7,9,16H,3-6,8H2,(H,13,17)(H,14,18). The van der Waals surface area contributed by atoms with Gasteiger partial charge in [0.1, 0.15) is 0 Å². The van der Waals surface area contributed by atoms with E-state index < -0.39 is 0 Å². The van der Waals surface area contributed by atoms with Gasteiger partial charge in [-0.2, -0.15) is 0 Å². The maximum atomic E-state index is 11.6. The zero-order valence-electron chi connectivity index (χ0n) is 10.5. The molecular formula is C12H17N3O3S. The second kappa shape index (κ2) is 6.65. The number of carbonyl (C=O) groups excluding carboxylic acids is 2. The number of piperidine rings is 1. The lowest BCUT2D eigenvalue weighted by Gasteiger charge is -2.28. The molecule has 1 saturated heterocycles. The van der Waals surface area contributed by atoms with Crippen LogP contribution >= 0.6 is 11.3 Å². The van der Waals surface area contributed by atoms with Gasteiger partial charge in [-0.25, -0.2) is 0 Å². The summed E-state index contributed by atoms with van der Waals surface area (Å²) in [5.74, 6) is -0.557. The highest BCUT2D eigenvalue weighted by atomic mass is 32.1. The lowest BCUT2D eigenvalue weighted by atomic mass is 10.1. The summed E-state index contributed by atoms with van der Waals surface area (Å²) in [5.41, 5.74) is 4.77. The summed E-state index contributed by atoms with van der Waals surface area (Å²) in [6, 6.07) is 3.47. The molecule has 1 fully saturated rings. The molecule has 0 radical (unpaired) electrons. The fourth-order valence-corrected chi connectivity index (χ4v) is 2.53. The highest BCUT2D eigenvalue weighted by molar-refractivity contribution is 7.12. The van der Waals surface area contributed by atoms with Crippen molar-refractivity contribution in [2.75, 3.05) is 19.6 Å². The molecule has 0 bridgehead atoms. The van der Waals surface area contributed by atoms with Crippen LogP contribution in [0.4, 0.5) is 0 Å². The average Bonchev–Trinajstić information content (AvgIpc) is 2.93. The fraction of sp³-hybridized carbons (Fsp3) is 0.500. The van der Waals surface area contributed by atoms with Crippen LogP contribution in [0, 0.1) is 0 Å². The van der Waals surface area contributed by atoms with Gasteiger partial charge in [-0.05, 0) is 24.3 Å². The van der Waals surface area contributed by atoms with Crippen LogP contribution < -0.4 is 10.9 Å². The van der Waals surface area contributed by atoms with Crippen LogP contribution in [0.25, 0.3) is 0 Å². The number of rotatable bonds is 3. The van der Waals surface area contributed by atoms with Gasteiger partial charge in [0.25, 0.3) is 11.8 Å². The maximum Gasteiger partial charge on any atom is 0.279 e. The van der Waals surface area contributed by atoms with Crippen LogP contribution in [0.5, 0.6) is 0 Å². The van der Waals surface area contributed by atoms with E-state index >= 15 is 0 Å². The molecule has 0 saturated carbocycles. The lowest BCUT2D eigenvalue weighted by molar-refractivity contribution is -0.123. The first-order valence-corrected chi connectivity index (χ1v) is 7.06. The van der Waals surface area contributed by atoms with Gasteiger partial charge in [0, 0.05) is 13.1 Å². The predicted octanol–water partition coefficient (Wildman–Crippen LogP) is -0.0342. The second-order valence-corrected chi connectivity index (χ2v) is 5.43. The average molecular weight is 283 g/mol. The molecule has 19 heavy (non-hydrogen) atoms. The molecule has 3 N–H and O–H groups in total. The van der Waals surface area contributed by atoms with Crippen LogP contribution in [0.1, 0.15) is 22.5 Å². The molecule has 1 aromatic rings. The fourth-order valence-electron chi connectivity index (χ4n) is 1.92. The van der Waals surface area contributed by atoms with E-state index in [0.29, 0.717) is 30.8 Å². The van der Waals surface area contributed by atoms with Gasteiger partial charge in [-0.3, -0.25) is 25.3 Å². The molecule has 6 nitrogen and oxygen atoms in total. The number of amides is 2. The van der Waals surface area contributed by atoms with Crippen LogP contribution in [-0.2, 0) is 4.79 Å². The Morgan fingerprint density at radius 3 is 2.74 bits per heavy atom. The third-order valence-corrected chi connectivity index (χ3v) is 3.85. The predicted molar refractivity (Wildman–Crippen MR) is 71.6 cm³/mol. The van der Waals surface area contributed by atoms with E-state index in [1.54, 1.807) is 17.5 Å². The number of aliphatic hydroxyl groups is 1. The summed E-state index contributed by atoms with van der Waals surface area (Å²) < 4.78 is 0. The van der Waals surface area contributed by atoms with Crippen molar-refractivity contribution >= 4 is 23.2 Å². The molecule has 1 aliphatic heterocycles. The summed E-state index contributed by atoms with van der Waals surface area (Å²) in [4.78, 5) is 25.7. The molecule has 2 rings (SSSR count). The first kappa shape index (κ1) is 14.0. The maximum absolute atomic E-state index is 11.6. The number of hydrogen-bond acceptors (Lipinski definition) is 5. The summed E-state index contributed by atoms with van der Waals surface area (Å²) in [6.45, 7) is 1.64. The Labute approximate surface area is 115 Å². The number of thiophene rings is 1. The van der Waals surface area contributed by atoms with Crippen LogP contribution in [-0.4, -0.2) is 47.6 Å². The molecule has 0 aromatic carbocycles. The first-order valence-electron chi connectivity index (χ1n) is 6.18. The quantitative estimate of drug-likeness (QED) is 0.680. The summed E-state index contributed by atoms with van der Waals surface area (Å²) in [7, 11) is 0. The van der Waals surface area contributed by atoms with Gasteiger partial charge >= 0.3 is 0 Å². The summed E-state index contributed by atoms with van der Waals surface area (Å²) >= 11 is 1.32. The van der Waals surface area contributed by atoms with Crippen molar-refractivity contribution in [3.05, 3.63) is 22.4 Å². The second-order valence-electron chi connectivity index (χ2n) is 4.49. The van der Waals surface area contributed by atoms with E-state index in [9.17, 15) is 14.7 Å². The Kier molecular flexibility index (Phi) is 4.89. The molecule has 2 amide bonds. The molecule has 1 aromatic heterocycles. The molecular weight excluding hydrogens is 266 g/mol. The number of aliphatic hydroxyl groups excluding tert-OH is 1. The number of hydrazine groups is 1. The van der Waals surface area contributed by atoms with E-state index in [-0.39, 0.29) is 24.5 Å². The van der Waals surface area contributed by atoms with Crippen LogP contribution in [0.3, 0.4) is 0 Å². The van der Waals surface area contributed by atoms with Crippen molar-refractivity contribution in [2.45, 2.75) is 18.9 Å². The largest absolute Gasteiger partial charge is 0.393 e. The van der Waals surface area contributed by atoms with Gasteiger partial charge in [0.05, 0.1) is 17.5 Å². The van der Waals surface area contributed by atoms with Gasteiger partial charge in [-0.1, -0.05) is 6.07 Å². The third kappa shape index (κ3) is 4.30. The van der Waals surface area contributed by atoms with Gasteiger partial charge < -0.3 is 5.11 Å².